The van der Waals surface area contributed by atoms with Crippen LogP contribution in [0, 0.1) is 27.7 Å². The van der Waals surface area contributed by atoms with Gasteiger partial charge in [0.05, 0.1) is 72.8 Å². The lowest BCUT2D eigenvalue weighted by atomic mass is 9.90. The molecule has 4 aromatic rings. The lowest BCUT2D eigenvalue weighted by Gasteiger charge is -2.29. The summed E-state index contributed by atoms with van der Waals surface area (Å²) in [5.74, 6) is -1.01. The van der Waals surface area contributed by atoms with Crippen molar-refractivity contribution in [3.63, 3.8) is 0 Å². The highest BCUT2D eigenvalue weighted by Gasteiger charge is 2.32. The van der Waals surface area contributed by atoms with Gasteiger partial charge in [0.25, 0.3) is 23.6 Å². The van der Waals surface area contributed by atoms with Crippen LogP contribution in [0.1, 0.15) is 189 Å². The number of benzene rings is 4. The van der Waals surface area contributed by atoms with Crippen molar-refractivity contribution in [2.75, 3.05) is 39.6 Å². The van der Waals surface area contributed by atoms with Gasteiger partial charge in [-0.1, -0.05) is 0 Å². The monoisotopic (exact) mass is 1150 g/mol. The number of phenolic OH excluding ortho intramolecular Hbond substituents is 2. The van der Waals surface area contributed by atoms with E-state index in [1.165, 1.54) is 0 Å². The first-order valence-electron chi connectivity index (χ1n) is 30.4. The number of nitrogens with one attached hydrogen (secondary N) is 4. The Kier molecular flexibility index (Phi) is 19.9. The largest absolute Gasteiger partial charge is 0.507 e. The van der Waals surface area contributed by atoms with Gasteiger partial charge in [-0.25, -0.2) is 0 Å². The third-order valence-corrected chi connectivity index (χ3v) is 17.0. The molecule has 4 aromatic carbocycles. The summed E-state index contributed by atoms with van der Waals surface area (Å²) in [7, 11) is 0. The molecule has 6 aliphatic rings. The van der Waals surface area contributed by atoms with E-state index in [1.54, 1.807) is 49.1 Å². The summed E-state index contributed by atoms with van der Waals surface area (Å²) < 4.78 is 24.8. The van der Waals surface area contributed by atoms with Gasteiger partial charge in [0.15, 0.2) is 0 Å². The Morgan fingerprint density at radius 1 is 0.369 bits per heavy atom. The standard InChI is InChI=1S/C66H82N8O10/c1-39-23-43-35-67-47-9-5-13-51(31-47)71-63(77)55-27-41(3)29-57-61(55)83-21-19-81-17-18-82-20-22-84-62-56(64(78)72-52-14-6-10-48(32-52)68-36-44(24-39)59(43)75)28-42(4)30-58(62)66(80)74-54-16-8-12-50(34-54)70-38-46-26-40(2)25-45(60(46)76)37-69-49-11-7-15-53(33-49)73-65(57)79/h23-30,35-38,47-54,75-76H,5-22,31-34H2,1-4H3,(H,71,77)(H,72,78)(H,73,79)(H,74,80)/b67-35-,68-36-,69-37+,70-38+. The second kappa shape index (κ2) is 28.0. The Balaban J connectivity index is 1.00. The predicted octanol–water partition coefficient (Wildman–Crippen LogP) is 9.09. The fourth-order valence-corrected chi connectivity index (χ4v) is 12.8. The maximum atomic E-state index is 14.6. The Morgan fingerprint density at radius 3 is 0.893 bits per heavy atom. The Morgan fingerprint density at radius 2 is 0.619 bits per heavy atom. The Labute approximate surface area is 492 Å². The minimum absolute atomic E-state index is 0.0258. The number of phenols is 2. The van der Waals surface area contributed by atoms with Gasteiger partial charge in [-0.05, 0) is 201 Å². The fourth-order valence-electron chi connectivity index (χ4n) is 12.8. The number of carbonyl (C=O) groups excluding carboxylic acids is 4. The van der Waals surface area contributed by atoms with E-state index in [1.807, 2.05) is 52.0 Å². The minimum atomic E-state index is -0.365. The number of hydrogen-bond acceptors (Lipinski definition) is 14. The molecule has 0 radical (unpaired) electrons. The lowest BCUT2D eigenvalue weighted by molar-refractivity contribution is 0.0269. The fraction of sp³-hybridized carbons (Fsp3) is 0.515. The van der Waals surface area contributed by atoms with Crippen LogP contribution in [0.4, 0.5) is 0 Å². The zero-order valence-corrected chi connectivity index (χ0v) is 49.1. The molecule has 10 rings (SSSR count). The van der Waals surface area contributed by atoms with E-state index >= 15 is 0 Å². The van der Waals surface area contributed by atoms with Crippen LogP contribution < -0.4 is 30.7 Å². The second-order valence-electron chi connectivity index (χ2n) is 24.0. The van der Waals surface area contributed by atoms with E-state index in [2.05, 4.69) is 21.3 Å². The molecule has 4 amide bonds. The van der Waals surface area contributed by atoms with E-state index in [0.29, 0.717) is 59.1 Å². The lowest BCUT2D eigenvalue weighted by Crippen LogP contribution is -2.41. The molecule has 84 heavy (non-hydrogen) atoms. The van der Waals surface area contributed by atoms with Crippen molar-refractivity contribution in [2.24, 2.45) is 20.0 Å². The van der Waals surface area contributed by atoms with Crippen molar-refractivity contribution in [2.45, 2.75) is 179 Å². The highest BCUT2D eigenvalue weighted by Crippen LogP contribution is 2.34. The van der Waals surface area contributed by atoms with Gasteiger partial charge in [-0.3, -0.25) is 39.1 Å². The second-order valence-corrected chi connectivity index (χ2v) is 24.0. The minimum Gasteiger partial charge on any atom is -0.507 e. The van der Waals surface area contributed by atoms with Gasteiger partial charge in [-0.15, -0.1) is 0 Å². The average Bonchev–Trinajstić information content (AvgIpc) is 3.26. The molecule has 0 saturated heterocycles. The molecule has 8 atom stereocenters. The van der Waals surface area contributed by atoms with E-state index in [9.17, 15) is 29.4 Å². The van der Waals surface area contributed by atoms with Gasteiger partial charge in [0.2, 0.25) is 0 Å². The topological polar surface area (TPSA) is 243 Å². The van der Waals surface area contributed by atoms with Crippen LogP contribution in [0.25, 0.3) is 0 Å². The van der Waals surface area contributed by atoms with Gasteiger partial charge in [0.1, 0.15) is 36.2 Å². The van der Waals surface area contributed by atoms with Gasteiger partial charge >= 0.3 is 0 Å². The molecular weight excluding hydrogens is 1060 g/mol. The first kappa shape index (κ1) is 59.7. The molecule has 2 aliphatic heterocycles. The molecule has 6 N–H and O–H groups in total. The summed E-state index contributed by atoms with van der Waals surface area (Å²) in [6.45, 7) is 8.35. The SMILES string of the molecule is Cc1cc2c(O)c(c1)/C=N\C1CCCC(C1)NC(=O)c1cc(C)cc3c1OCCOCCOCCOc1c(cc(C)cc1C(=O)NC1CCCC(C1)/N=C/c1cc(C)cc(c1O)/C=N/C1CCCC(C1)NC3=O)C(=O)NC1CCCC(C1)/N=C\2. The summed E-state index contributed by atoms with van der Waals surface area (Å²) in [6.07, 6.45) is 18.7. The predicted molar refractivity (Wildman–Crippen MR) is 325 cm³/mol. The van der Waals surface area contributed by atoms with Crippen LogP contribution >= 0.6 is 0 Å². The molecule has 2 heterocycles. The normalized spacial score (nSPS) is 27.5. The molecule has 4 fully saturated rings. The molecule has 8 unspecified atom stereocenters. The number of rotatable bonds is 0. The van der Waals surface area contributed by atoms with Crippen LogP contribution in [-0.2, 0) is 9.47 Å². The maximum absolute atomic E-state index is 14.6. The summed E-state index contributed by atoms with van der Waals surface area (Å²) in [6, 6.07) is 13.2. The third-order valence-electron chi connectivity index (χ3n) is 17.0. The number of nitrogens with zero attached hydrogens (tertiary/aromatic N) is 4. The van der Waals surface area contributed by atoms with Crippen LogP contribution in [0.3, 0.4) is 0 Å². The number of hydrogen-bond donors (Lipinski definition) is 6. The van der Waals surface area contributed by atoms with Gasteiger partial charge in [0, 0.05) is 71.3 Å². The number of aromatic hydroxyl groups is 2. The van der Waals surface area contributed by atoms with Crippen molar-refractivity contribution < 1.29 is 48.3 Å². The third kappa shape index (κ3) is 15.5. The first-order chi connectivity index (χ1) is 40.7. The number of aliphatic imine (C=N–C) groups is 4. The maximum Gasteiger partial charge on any atom is 0.255 e. The van der Waals surface area contributed by atoms with Gasteiger partial charge < -0.3 is 50.4 Å². The molecule has 446 valence electrons. The Hall–Kier alpha value is -7.44. The smallest absolute Gasteiger partial charge is 0.255 e. The van der Waals surface area contributed by atoms with Gasteiger partial charge in [-0.2, -0.15) is 0 Å². The zero-order valence-electron chi connectivity index (χ0n) is 49.1. The Bertz CT molecular complexity index is 2800. The molecule has 18 nitrogen and oxygen atoms in total. The highest BCUT2D eigenvalue weighted by molar-refractivity contribution is 6.06. The molecule has 4 aliphatic carbocycles. The number of fused-ring (bicyclic) bond motifs is 21. The number of carbonyl (C=O) groups is 4. The molecule has 4 saturated carbocycles. The number of ether oxygens (including phenoxy) is 4. The van der Waals surface area contributed by atoms with Crippen molar-refractivity contribution in [3.05, 3.63) is 115 Å². The number of amides is 4. The van der Waals surface area contributed by atoms with E-state index < -0.39 is 0 Å². The highest BCUT2D eigenvalue weighted by atomic mass is 16.6. The molecule has 0 spiro atoms. The van der Waals surface area contributed by atoms with Crippen LogP contribution in [0.15, 0.2) is 68.5 Å². The van der Waals surface area contributed by atoms with Crippen LogP contribution in [0.2, 0.25) is 0 Å². The van der Waals surface area contributed by atoms with Crippen molar-refractivity contribution in [3.8, 4) is 23.0 Å². The summed E-state index contributed by atoms with van der Waals surface area (Å²) >= 11 is 0. The van der Waals surface area contributed by atoms with Crippen molar-refractivity contribution >= 4 is 48.5 Å². The molecule has 0 aromatic heterocycles. The molecular formula is C66H82N8O10. The van der Waals surface area contributed by atoms with E-state index in [-0.39, 0.29) is 157 Å². The zero-order chi connectivity index (χ0) is 58.7. The first-order valence-corrected chi connectivity index (χ1v) is 30.4. The average molecular weight is 1150 g/mol. The summed E-state index contributed by atoms with van der Waals surface area (Å²) in [4.78, 5) is 78.2. The van der Waals surface area contributed by atoms with Crippen LogP contribution in [0.5, 0.6) is 23.0 Å². The number of aryl methyl sites for hydroxylation is 4. The molecule has 14 bridgehead atoms. The van der Waals surface area contributed by atoms with Crippen LogP contribution in [-0.4, -0.2) is 147 Å². The van der Waals surface area contributed by atoms with Crippen molar-refractivity contribution in [1.82, 2.24) is 21.3 Å². The quantitative estimate of drug-likeness (QED) is 0.0912. The summed E-state index contributed by atoms with van der Waals surface area (Å²) in [5, 5.41) is 36.3. The van der Waals surface area contributed by atoms with Crippen molar-refractivity contribution in [1.29, 1.82) is 0 Å². The molecule has 18 heteroatoms. The summed E-state index contributed by atoms with van der Waals surface area (Å²) in [5.41, 5.74) is 6.50. The van der Waals surface area contributed by atoms with E-state index in [4.69, 9.17) is 38.9 Å². The van der Waals surface area contributed by atoms with E-state index in [0.717, 1.165) is 88.2 Å².